The van der Waals surface area contributed by atoms with Gasteiger partial charge in [0, 0.05) is 30.4 Å². The summed E-state index contributed by atoms with van der Waals surface area (Å²) in [5.41, 5.74) is 6.86. The highest BCUT2D eigenvalue weighted by Crippen LogP contribution is 2.27. The number of rotatable bonds is 4. The molecule has 3 N–H and O–H groups in total. The number of nitrogens with zero attached hydrogens (tertiary/aromatic N) is 2. The SMILES string of the molecule is NC(=NCc1c(F)cccc1N1CCCC1)Nc1cc(F)ccc1F. The van der Waals surface area contributed by atoms with Gasteiger partial charge in [-0.3, -0.25) is 0 Å². The molecule has 0 bridgehead atoms. The third-order valence-electron chi connectivity index (χ3n) is 4.14. The van der Waals surface area contributed by atoms with Gasteiger partial charge in [-0.05, 0) is 37.1 Å². The van der Waals surface area contributed by atoms with Crippen LogP contribution in [0.3, 0.4) is 0 Å². The van der Waals surface area contributed by atoms with Crippen LogP contribution in [0.15, 0.2) is 41.4 Å². The number of hydrogen-bond acceptors (Lipinski definition) is 2. The molecule has 1 aliphatic heterocycles. The minimum Gasteiger partial charge on any atom is -0.371 e. The lowest BCUT2D eigenvalue weighted by molar-refractivity contribution is 0.603. The smallest absolute Gasteiger partial charge is 0.193 e. The Morgan fingerprint density at radius 3 is 2.60 bits per heavy atom. The monoisotopic (exact) mass is 348 g/mol. The van der Waals surface area contributed by atoms with E-state index in [1.165, 1.54) is 6.07 Å². The van der Waals surface area contributed by atoms with Crippen molar-refractivity contribution < 1.29 is 13.2 Å². The molecule has 0 radical (unpaired) electrons. The number of aliphatic imine (C=N–C) groups is 1. The van der Waals surface area contributed by atoms with Gasteiger partial charge >= 0.3 is 0 Å². The van der Waals surface area contributed by atoms with Gasteiger partial charge in [0.15, 0.2) is 5.96 Å². The van der Waals surface area contributed by atoms with E-state index in [4.69, 9.17) is 5.73 Å². The van der Waals surface area contributed by atoms with Crippen LogP contribution in [0.2, 0.25) is 0 Å². The Morgan fingerprint density at radius 2 is 1.84 bits per heavy atom. The van der Waals surface area contributed by atoms with Crippen LogP contribution in [0.1, 0.15) is 18.4 Å². The first-order chi connectivity index (χ1) is 12.0. The maximum atomic E-state index is 14.2. The summed E-state index contributed by atoms with van der Waals surface area (Å²) in [5.74, 6) is -1.72. The van der Waals surface area contributed by atoms with Crippen molar-refractivity contribution in [1.29, 1.82) is 0 Å². The van der Waals surface area contributed by atoms with Gasteiger partial charge in [-0.1, -0.05) is 6.07 Å². The molecular formula is C18H19F3N4. The topological polar surface area (TPSA) is 53.6 Å². The summed E-state index contributed by atoms with van der Waals surface area (Å²) in [6, 6.07) is 7.88. The van der Waals surface area contributed by atoms with Crippen LogP contribution in [0.25, 0.3) is 0 Å². The van der Waals surface area contributed by atoms with Crippen molar-refractivity contribution in [2.45, 2.75) is 19.4 Å². The molecule has 2 aromatic rings. The van der Waals surface area contributed by atoms with E-state index >= 15 is 0 Å². The molecule has 0 amide bonds. The largest absolute Gasteiger partial charge is 0.371 e. The zero-order valence-electron chi connectivity index (χ0n) is 13.6. The van der Waals surface area contributed by atoms with Crippen molar-refractivity contribution in [3.05, 3.63) is 59.4 Å². The Bertz CT molecular complexity index is 786. The third-order valence-corrected chi connectivity index (χ3v) is 4.14. The zero-order valence-corrected chi connectivity index (χ0v) is 13.6. The fourth-order valence-corrected chi connectivity index (χ4v) is 2.89. The van der Waals surface area contributed by atoms with E-state index in [2.05, 4.69) is 15.2 Å². The fourth-order valence-electron chi connectivity index (χ4n) is 2.89. The lowest BCUT2D eigenvalue weighted by atomic mass is 10.1. The van der Waals surface area contributed by atoms with E-state index < -0.39 is 11.6 Å². The molecule has 1 saturated heterocycles. The highest BCUT2D eigenvalue weighted by Gasteiger charge is 2.18. The molecule has 0 aromatic heterocycles. The van der Waals surface area contributed by atoms with Gasteiger partial charge in [-0.15, -0.1) is 0 Å². The Hall–Kier alpha value is -2.70. The minimum absolute atomic E-state index is 0.00821. The number of nitrogens with one attached hydrogen (secondary N) is 1. The normalized spacial score (nSPS) is 14.8. The molecule has 7 heteroatoms. The van der Waals surface area contributed by atoms with Gasteiger partial charge in [0.05, 0.1) is 12.2 Å². The van der Waals surface area contributed by atoms with E-state index in [1.807, 2.05) is 6.07 Å². The second-order valence-corrected chi connectivity index (χ2v) is 5.88. The Balaban J connectivity index is 1.78. The van der Waals surface area contributed by atoms with Crippen LogP contribution in [0.5, 0.6) is 0 Å². The Labute approximate surface area is 144 Å². The van der Waals surface area contributed by atoms with Crippen LogP contribution in [-0.2, 0) is 6.54 Å². The molecular weight excluding hydrogens is 329 g/mol. The molecule has 1 aliphatic rings. The molecule has 0 aliphatic carbocycles. The maximum Gasteiger partial charge on any atom is 0.193 e. The molecule has 0 atom stereocenters. The van der Waals surface area contributed by atoms with E-state index in [9.17, 15) is 13.2 Å². The first-order valence-corrected chi connectivity index (χ1v) is 8.09. The minimum atomic E-state index is -0.650. The lowest BCUT2D eigenvalue weighted by Gasteiger charge is -2.21. The van der Waals surface area contributed by atoms with Crippen LogP contribution < -0.4 is 16.0 Å². The number of nitrogens with two attached hydrogens (primary N) is 1. The van der Waals surface area contributed by atoms with Gasteiger partial charge in [-0.25, -0.2) is 18.2 Å². The molecule has 1 fully saturated rings. The molecule has 0 saturated carbocycles. The summed E-state index contributed by atoms with van der Waals surface area (Å²) in [5, 5.41) is 2.51. The maximum absolute atomic E-state index is 14.2. The summed E-state index contributed by atoms with van der Waals surface area (Å²) in [4.78, 5) is 6.20. The van der Waals surface area contributed by atoms with Crippen molar-refractivity contribution in [3.63, 3.8) is 0 Å². The van der Waals surface area contributed by atoms with Crippen LogP contribution in [0, 0.1) is 17.5 Å². The second-order valence-electron chi connectivity index (χ2n) is 5.88. The van der Waals surface area contributed by atoms with Crippen molar-refractivity contribution in [3.8, 4) is 0 Å². The average molecular weight is 348 g/mol. The van der Waals surface area contributed by atoms with Gasteiger partial charge in [0.2, 0.25) is 0 Å². The summed E-state index contributed by atoms with van der Waals surface area (Å²) in [6.45, 7) is 1.76. The van der Waals surface area contributed by atoms with Crippen LogP contribution in [0.4, 0.5) is 24.5 Å². The first kappa shape index (κ1) is 17.1. The third kappa shape index (κ3) is 4.04. The van der Waals surface area contributed by atoms with Crippen molar-refractivity contribution >= 4 is 17.3 Å². The van der Waals surface area contributed by atoms with E-state index in [0.717, 1.165) is 49.8 Å². The second kappa shape index (κ2) is 7.46. The van der Waals surface area contributed by atoms with Gasteiger partial charge in [-0.2, -0.15) is 0 Å². The Kier molecular flexibility index (Phi) is 5.11. The summed E-state index contributed by atoms with van der Waals surface area (Å²) in [6.07, 6.45) is 2.14. The predicted octanol–water partition coefficient (Wildman–Crippen LogP) is 3.63. The van der Waals surface area contributed by atoms with Gasteiger partial charge in [0.1, 0.15) is 17.5 Å². The van der Waals surface area contributed by atoms with Gasteiger partial charge < -0.3 is 16.0 Å². The summed E-state index contributed by atoms with van der Waals surface area (Å²) in [7, 11) is 0. The lowest BCUT2D eigenvalue weighted by Crippen LogP contribution is -2.24. The van der Waals surface area contributed by atoms with Crippen LogP contribution >= 0.6 is 0 Å². The molecule has 1 heterocycles. The molecule has 25 heavy (non-hydrogen) atoms. The van der Waals surface area contributed by atoms with Crippen molar-refractivity contribution in [2.24, 2.45) is 10.7 Å². The Morgan fingerprint density at radius 1 is 1.08 bits per heavy atom. The highest BCUT2D eigenvalue weighted by atomic mass is 19.1. The van der Waals surface area contributed by atoms with Crippen molar-refractivity contribution in [2.75, 3.05) is 23.3 Å². The molecule has 2 aromatic carbocycles. The predicted molar refractivity (Wildman–Crippen MR) is 93.2 cm³/mol. The van der Waals surface area contributed by atoms with E-state index in [-0.39, 0.29) is 24.0 Å². The zero-order chi connectivity index (χ0) is 17.8. The van der Waals surface area contributed by atoms with Crippen molar-refractivity contribution in [1.82, 2.24) is 0 Å². The molecule has 0 unspecified atom stereocenters. The fraction of sp³-hybridized carbons (Fsp3) is 0.278. The highest BCUT2D eigenvalue weighted by molar-refractivity contribution is 5.92. The van der Waals surface area contributed by atoms with Crippen LogP contribution in [-0.4, -0.2) is 19.0 Å². The summed E-state index contributed by atoms with van der Waals surface area (Å²) < 4.78 is 41.0. The number of anilines is 2. The molecule has 3 rings (SSSR count). The van der Waals surface area contributed by atoms with Gasteiger partial charge in [0.25, 0.3) is 0 Å². The number of guanidine groups is 1. The molecule has 4 nitrogen and oxygen atoms in total. The average Bonchev–Trinajstić information content (AvgIpc) is 3.11. The number of halogens is 3. The molecule has 0 spiro atoms. The standard InChI is InChI=1S/C18H19F3N4/c19-12-6-7-15(21)16(10-12)24-18(22)23-11-13-14(20)4-3-5-17(13)25-8-1-2-9-25/h3-7,10H,1-2,8-9,11H2,(H3,22,23,24). The quantitative estimate of drug-likeness (QED) is 0.655. The first-order valence-electron chi connectivity index (χ1n) is 8.09. The van der Waals surface area contributed by atoms with E-state index in [0.29, 0.717) is 5.56 Å². The summed E-state index contributed by atoms with van der Waals surface area (Å²) >= 11 is 0. The number of hydrogen-bond donors (Lipinski definition) is 2. The van der Waals surface area contributed by atoms with E-state index in [1.54, 1.807) is 6.07 Å². The number of benzene rings is 2. The molecule has 132 valence electrons.